The summed E-state index contributed by atoms with van der Waals surface area (Å²) in [4.78, 5) is 6.41. The van der Waals surface area contributed by atoms with Crippen molar-refractivity contribution in [2.75, 3.05) is 19.6 Å². The molecule has 1 aromatic carbocycles. The van der Waals surface area contributed by atoms with Crippen LogP contribution in [-0.4, -0.2) is 46.0 Å². The second kappa shape index (κ2) is 8.30. The highest BCUT2D eigenvalue weighted by molar-refractivity contribution is 6.30. The number of benzene rings is 1. The van der Waals surface area contributed by atoms with Crippen LogP contribution >= 0.6 is 11.6 Å². The third-order valence-electron chi connectivity index (χ3n) is 6.52. The van der Waals surface area contributed by atoms with Crippen molar-refractivity contribution in [2.45, 2.75) is 50.4 Å². The Morgan fingerprint density at radius 2 is 1.97 bits per heavy atom. The predicted molar refractivity (Wildman–Crippen MR) is 110 cm³/mol. The van der Waals surface area contributed by atoms with E-state index in [0.717, 1.165) is 37.3 Å². The second-order valence-electron chi connectivity index (χ2n) is 8.44. The maximum absolute atomic E-state index is 13.0. The fourth-order valence-corrected chi connectivity index (χ4v) is 5.11. The number of nitrogens with zero attached hydrogens (tertiary/aromatic N) is 5. The molecular weight excluding hydrogens is 415 g/mol. The molecule has 1 fully saturated rings. The van der Waals surface area contributed by atoms with Crippen molar-refractivity contribution >= 4 is 18.3 Å². The number of rotatable bonds is 5. The Balaban J connectivity index is 1.39. The molecule has 0 spiro atoms. The topological polar surface area (TPSA) is 46.3 Å². The third-order valence-corrected chi connectivity index (χ3v) is 6.75. The van der Waals surface area contributed by atoms with Gasteiger partial charge in [-0.1, -0.05) is 23.7 Å². The van der Waals surface area contributed by atoms with Crippen molar-refractivity contribution in [3.63, 3.8) is 0 Å². The van der Waals surface area contributed by atoms with E-state index in [0.29, 0.717) is 31.4 Å². The van der Waals surface area contributed by atoms with Crippen LogP contribution < -0.4 is 0 Å². The molecule has 0 atom stereocenters. The lowest BCUT2D eigenvalue weighted by atomic mass is 9.66. The lowest BCUT2D eigenvalue weighted by Gasteiger charge is -2.41. The lowest BCUT2D eigenvalue weighted by molar-refractivity contribution is -0.148. The predicted octanol–water partition coefficient (Wildman–Crippen LogP) is 4.59. The molecule has 5 nitrogen and oxygen atoms in total. The molecule has 2 heterocycles. The highest BCUT2D eigenvalue weighted by Crippen LogP contribution is 2.43. The van der Waals surface area contributed by atoms with Gasteiger partial charge in [0.05, 0.1) is 6.54 Å². The van der Waals surface area contributed by atoms with Gasteiger partial charge < -0.3 is 9.56 Å². The number of alkyl halides is 3. The van der Waals surface area contributed by atoms with Crippen molar-refractivity contribution < 1.29 is 13.2 Å². The number of aromatic nitrogens is 3. The molecular formula is C21H25ClF3N5. The van der Waals surface area contributed by atoms with E-state index in [4.69, 9.17) is 11.6 Å². The molecule has 0 bridgehead atoms. The van der Waals surface area contributed by atoms with E-state index in [1.54, 1.807) is 0 Å². The zero-order chi connectivity index (χ0) is 21.4. The van der Waals surface area contributed by atoms with Crippen LogP contribution in [0.1, 0.15) is 42.9 Å². The zero-order valence-electron chi connectivity index (χ0n) is 16.7. The minimum Gasteiger partial charge on any atom is -0.305 e. The number of hydrogen-bond acceptors (Lipinski definition) is 4. The molecule has 0 unspecified atom stereocenters. The summed E-state index contributed by atoms with van der Waals surface area (Å²) in [6.07, 6.45) is -0.379. The maximum atomic E-state index is 13.0. The Hall–Kier alpha value is -1.93. The molecule has 162 valence electrons. The Bertz CT molecular complexity index is 902. The Labute approximate surface area is 179 Å². The van der Waals surface area contributed by atoms with Crippen LogP contribution in [0.2, 0.25) is 5.02 Å². The minimum absolute atomic E-state index is 0.0349. The van der Waals surface area contributed by atoms with Gasteiger partial charge in [-0.25, -0.2) is 0 Å². The van der Waals surface area contributed by atoms with E-state index in [9.17, 15) is 13.2 Å². The van der Waals surface area contributed by atoms with Gasteiger partial charge in [0.25, 0.3) is 0 Å². The summed E-state index contributed by atoms with van der Waals surface area (Å²) >= 11 is 6.22. The molecule has 4 rings (SSSR count). The Kier molecular flexibility index (Phi) is 5.90. The number of fused-ring (bicyclic) bond motifs is 1. The van der Waals surface area contributed by atoms with Crippen molar-refractivity contribution in [3.8, 4) is 0 Å². The van der Waals surface area contributed by atoms with Gasteiger partial charge in [0, 0.05) is 36.6 Å². The smallest absolute Gasteiger partial charge is 0.305 e. The molecule has 1 aliphatic heterocycles. The zero-order valence-corrected chi connectivity index (χ0v) is 17.5. The first-order valence-corrected chi connectivity index (χ1v) is 10.6. The van der Waals surface area contributed by atoms with Gasteiger partial charge in [0.2, 0.25) is 5.82 Å². The fourth-order valence-electron chi connectivity index (χ4n) is 4.92. The summed E-state index contributed by atoms with van der Waals surface area (Å²) in [5.41, 5.74) is 1.18. The van der Waals surface area contributed by atoms with Crippen molar-refractivity contribution in [3.05, 3.63) is 46.5 Å². The first kappa shape index (κ1) is 21.3. The standard InChI is InChI=1S/C21H25ClF3N5/c1-26-14-20(16-3-2-4-17(22)11-16)7-5-15(6-8-20)12-29-9-10-30-18(13-29)27-28-19(30)21(23,24)25/h2-4,11,15H,1,5-10,12-14H2. The molecule has 30 heavy (non-hydrogen) atoms. The van der Waals surface area contributed by atoms with E-state index in [1.165, 1.54) is 10.1 Å². The van der Waals surface area contributed by atoms with Crippen LogP contribution in [0.4, 0.5) is 13.2 Å². The normalized spacial score (nSPS) is 25.1. The van der Waals surface area contributed by atoms with Crippen LogP contribution in [0.3, 0.4) is 0 Å². The van der Waals surface area contributed by atoms with E-state index in [1.807, 2.05) is 18.2 Å². The minimum atomic E-state index is -4.46. The van der Waals surface area contributed by atoms with Crippen LogP contribution in [0.15, 0.2) is 29.3 Å². The van der Waals surface area contributed by atoms with Gasteiger partial charge in [0.1, 0.15) is 5.82 Å². The summed E-state index contributed by atoms with van der Waals surface area (Å²) < 4.78 is 40.3. The van der Waals surface area contributed by atoms with Crippen molar-refractivity contribution in [2.24, 2.45) is 10.9 Å². The van der Waals surface area contributed by atoms with Crippen LogP contribution in [0, 0.1) is 5.92 Å². The summed E-state index contributed by atoms with van der Waals surface area (Å²) in [6.45, 7) is 6.52. The molecule has 0 amide bonds. The van der Waals surface area contributed by atoms with Crippen molar-refractivity contribution in [1.82, 2.24) is 19.7 Å². The molecule has 2 aromatic rings. The number of hydrogen-bond donors (Lipinski definition) is 0. The molecule has 9 heteroatoms. The van der Waals surface area contributed by atoms with Gasteiger partial charge in [-0.2, -0.15) is 13.2 Å². The summed E-state index contributed by atoms with van der Waals surface area (Å²) in [7, 11) is 0. The summed E-state index contributed by atoms with van der Waals surface area (Å²) in [6, 6.07) is 8.01. The number of aliphatic imine (C=N–C) groups is 1. The van der Waals surface area contributed by atoms with E-state index < -0.39 is 12.0 Å². The van der Waals surface area contributed by atoms with E-state index in [2.05, 4.69) is 32.9 Å². The molecule has 1 aliphatic carbocycles. The SMILES string of the molecule is C=NCC1(c2cccc(Cl)c2)CCC(CN2CCn3c(nnc3C(F)(F)F)C2)CC1. The summed E-state index contributed by atoms with van der Waals surface area (Å²) in [5, 5.41) is 7.88. The van der Waals surface area contributed by atoms with Gasteiger partial charge in [-0.15, -0.1) is 10.2 Å². The first-order chi connectivity index (χ1) is 14.3. The van der Waals surface area contributed by atoms with Crippen molar-refractivity contribution in [1.29, 1.82) is 0 Å². The average molecular weight is 440 g/mol. The Morgan fingerprint density at radius 1 is 1.20 bits per heavy atom. The average Bonchev–Trinajstić information content (AvgIpc) is 3.13. The summed E-state index contributed by atoms with van der Waals surface area (Å²) in [5.74, 6) is 0.00486. The largest absolute Gasteiger partial charge is 0.451 e. The highest BCUT2D eigenvalue weighted by Gasteiger charge is 2.40. The molecule has 0 saturated heterocycles. The van der Waals surface area contributed by atoms with E-state index >= 15 is 0 Å². The molecule has 0 radical (unpaired) electrons. The molecule has 0 N–H and O–H groups in total. The number of halogens is 4. The molecule has 2 aliphatic rings. The quantitative estimate of drug-likeness (QED) is 0.640. The first-order valence-electron chi connectivity index (χ1n) is 10.2. The molecule has 1 saturated carbocycles. The van der Waals surface area contributed by atoms with Gasteiger partial charge in [-0.05, 0) is 56.0 Å². The molecule has 1 aromatic heterocycles. The van der Waals surface area contributed by atoms with Crippen LogP contribution in [-0.2, 0) is 24.7 Å². The monoisotopic (exact) mass is 439 g/mol. The van der Waals surface area contributed by atoms with Crippen LogP contribution in [0.25, 0.3) is 0 Å². The highest BCUT2D eigenvalue weighted by atomic mass is 35.5. The fraction of sp³-hybridized carbons (Fsp3) is 0.571. The maximum Gasteiger partial charge on any atom is 0.451 e. The van der Waals surface area contributed by atoms with Crippen LogP contribution in [0.5, 0.6) is 0 Å². The Morgan fingerprint density at radius 3 is 2.63 bits per heavy atom. The van der Waals surface area contributed by atoms with Gasteiger partial charge in [0.15, 0.2) is 0 Å². The lowest BCUT2D eigenvalue weighted by Crippen LogP contribution is -2.41. The van der Waals surface area contributed by atoms with Gasteiger partial charge in [-0.3, -0.25) is 4.90 Å². The van der Waals surface area contributed by atoms with E-state index in [-0.39, 0.29) is 12.0 Å². The second-order valence-corrected chi connectivity index (χ2v) is 8.88. The van der Waals surface area contributed by atoms with Gasteiger partial charge >= 0.3 is 6.18 Å². The third kappa shape index (κ3) is 4.25.